The van der Waals surface area contributed by atoms with Gasteiger partial charge in [0.05, 0.1) is 19.3 Å². The van der Waals surface area contributed by atoms with Crippen LogP contribution >= 0.6 is 0 Å². The van der Waals surface area contributed by atoms with Crippen molar-refractivity contribution in [3.05, 3.63) is 0 Å². The van der Waals surface area contributed by atoms with Crippen LogP contribution in [0.4, 0.5) is 0 Å². The lowest BCUT2D eigenvalue weighted by atomic mass is 10.1. The molecular formula is C18H34N2O6. The molecule has 0 heterocycles. The molecule has 0 aliphatic rings. The maximum atomic E-state index is 11.6. The SMILES string of the molecule is CCC(=O)CCCOCCOCC(=O)NCCCC[C@H](NC)C(=O)CO. The van der Waals surface area contributed by atoms with Gasteiger partial charge in [-0.1, -0.05) is 6.92 Å². The molecule has 0 saturated carbocycles. The monoisotopic (exact) mass is 374 g/mol. The van der Waals surface area contributed by atoms with Crippen LogP contribution in [-0.4, -0.2) is 75.2 Å². The number of ketones is 2. The van der Waals surface area contributed by atoms with Crippen LogP contribution in [0, 0.1) is 0 Å². The third-order valence-electron chi connectivity index (χ3n) is 3.88. The van der Waals surface area contributed by atoms with Gasteiger partial charge in [0, 0.05) is 26.0 Å². The van der Waals surface area contributed by atoms with Crippen LogP contribution in [0.15, 0.2) is 0 Å². The Kier molecular flexibility index (Phi) is 16.2. The number of ether oxygens (including phenoxy) is 2. The first-order valence-electron chi connectivity index (χ1n) is 9.29. The topological polar surface area (TPSA) is 114 Å². The lowest BCUT2D eigenvalue weighted by molar-refractivity contribution is -0.126. The van der Waals surface area contributed by atoms with Crippen LogP contribution in [0.1, 0.15) is 45.4 Å². The van der Waals surface area contributed by atoms with Crippen molar-refractivity contribution in [1.29, 1.82) is 0 Å². The second-order valence-electron chi connectivity index (χ2n) is 5.97. The van der Waals surface area contributed by atoms with Crippen LogP contribution < -0.4 is 10.6 Å². The number of nitrogens with one attached hydrogen (secondary N) is 2. The van der Waals surface area contributed by atoms with E-state index in [1.165, 1.54) is 0 Å². The molecule has 8 heteroatoms. The first-order valence-corrected chi connectivity index (χ1v) is 9.29. The largest absolute Gasteiger partial charge is 0.389 e. The summed E-state index contributed by atoms with van der Waals surface area (Å²) in [4.78, 5) is 34.0. The highest BCUT2D eigenvalue weighted by Gasteiger charge is 2.14. The van der Waals surface area contributed by atoms with Crippen LogP contribution in [0.2, 0.25) is 0 Å². The standard InChI is InChI=1S/C18H34N2O6/c1-3-15(22)7-6-10-25-11-12-26-14-18(24)20-9-5-4-8-16(19-2)17(23)13-21/h16,19,21H,3-14H2,1-2H3,(H,20,24)/t16-/m0/s1. The van der Waals surface area contributed by atoms with Crippen LogP contribution in [0.3, 0.4) is 0 Å². The average molecular weight is 374 g/mol. The summed E-state index contributed by atoms with van der Waals surface area (Å²) in [6, 6.07) is -0.334. The van der Waals surface area contributed by atoms with E-state index >= 15 is 0 Å². The van der Waals surface area contributed by atoms with Crippen molar-refractivity contribution < 1.29 is 29.0 Å². The predicted molar refractivity (Wildman–Crippen MR) is 98.0 cm³/mol. The van der Waals surface area contributed by atoms with E-state index in [0.717, 1.165) is 12.8 Å². The summed E-state index contributed by atoms with van der Waals surface area (Å²) < 4.78 is 10.5. The minimum absolute atomic E-state index is 0.0141. The fraction of sp³-hybridized carbons (Fsp3) is 0.833. The van der Waals surface area contributed by atoms with Gasteiger partial charge in [-0.2, -0.15) is 0 Å². The summed E-state index contributed by atoms with van der Waals surface area (Å²) in [7, 11) is 1.69. The van der Waals surface area contributed by atoms with Gasteiger partial charge in [-0.05, 0) is 32.7 Å². The van der Waals surface area contributed by atoms with Crippen molar-refractivity contribution in [2.45, 2.75) is 51.5 Å². The van der Waals surface area contributed by atoms with E-state index < -0.39 is 6.61 Å². The molecular weight excluding hydrogens is 340 g/mol. The van der Waals surface area contributed by atoms with Gasteiger partial charge in [-0.3, -0.25) is 14.4 Å². The molecule has 0 unspecified atom stereocenters. The Balaban J connectivity index is 3.44. The van der Waals surface area contributed by atoms with Gasteiger partial charge in [0.15, 0.2) is 5.78 Å². The normalized spacial score (nSPS) is 12.0. The van der Waals surface area contributed by atoms with Crippen LogP contribution in [0.5, 0.6) is 0 Å². The minimum Gasteiger partial charge on any atom is -0.389 e. The molecule has 0 spiro atoms. The van der Waals surface area contributed by atoms with E-state index in [1.807, 2.05) is 6.92 Å². The summed E-state index contributed by atoms with van der Waals surface area (Å²) in [5, 5.41) is 14.4. The van der Waals surface area contributed by atoms with Gasteiger partial charge >= 0.3 is 0 Å². The number of rotatable bonds is 18. The molecule has 0 bridgehead atoms. The Morgan fingerprint density at radius 2 is 1.77 bits per heavy atom. The number of amides is 1. The fourth-order valence-corrected chi connectivity index (χ4v) is 2.26. The Labute approximate surface area is 156 Å². The van der Waals surface area contributed by atoms with Gasteiger partial charge in [0.25, 0.3) is 0 Å². The number of carbonyl (C=O) groups excluding carboxylic acids is 3. The highest BCUT2D eigenvalue weighted by atomic mass is 16.5. The van der Waals surface area contributed by atoms with Gasteiger partial charge in [0.1, 0.15) is 19.0 Å². The molecule has 0 aromatic heterocycles. The molecule has 26 heavy (non-hydrogen) atoms. The zero-order valence-electron chi connectivity index (χ0n) is 16.1. The summed E-state index contributed by atoms with van der Waals surface area (Å²) in [6.45, 7) is 3.15. The molecule has 0 aliphatic heterocycles. The Morgan fingerprint density at radius 3 is 2.42 bits per heavy atom. The van der Waals surface area contributed by atoms with Crippen molar-refractivity contribution in [2.24, 2.45) is 0 Å². The number of unbranched alkanes of at least 4 members (excludes halogenated alkanes) is 1. The van der Waals surface area contributed by atoms with Crippen molar-refractivity contribution in [1.82, 2.24) is 10.6 Å². The number of likely N-dealkylation sites (N-methyl/N-ethyl adjacent to an activating group) is 1. The number of carbonyl (C=O) groups is 3. The zero-order chi connectivity index (χ0) is 19.6. The molecule has 0 fully saturated rings. The number of aliphatic hydroxyl groups excluding tert-OH is 1. The first kappa shape index (κ1) is 24.7. The van der Waals surface area contributed by atoms with E-state index in [2.05, 4.69) is 10.6 Å². The van der Waals surface area contributed by atoms with Gasteiger partial charge < -0.3 is 25.2 Å². The maximum absolute atomic E-state index is 11.6. The van der Waals surface area contributed by atoms with Gasteiger partial charge in [-0.25, -0.2) is 0 Å². The molecule has 0 aromatic rings. The number of aliphatic hydroxyl groups is 1. The molecule has 0 saturated heterocycles. The molecule has 0 aliphatic carbocycles. The highest BCUT2D eigenvalue weighted by molar-refractivity contribution is 5.84. The lowest BCUT2D eigenvalue weighted by Gasteiger charge is -2.13. The van der Waals surface area contributed by atoms with Crippen molar-refractivity contribution in [3.63, 3.8) is 0 Å². The predicted octanol–water partition coefficient (Wildman–Crippen LogP) is 0.215. The van der Waals surface area contributed by atoms with E-state index in [4.69, 9.17) is 14.6 Å². The number of hydrogen-bond acceptors (Lipinski definition) is 7. The third kappa shape index (κ3) is 13.9. The van der Waals surface area contributed by atoms with Crippen molar-refractivity contribution in [3.8, 4) is 0 Å². The summed E-state index contributed by atoms with van der Waals surface area (Å²) in [5.74, 6) is -0.165. The van der Waals surface area contributed by atoms with Crippen LogP contribution in [-0.2, 0) is 23.9 Å². The molecule has 152 valence electrons. The quantitative estimate of drug-likeness (QED) is 0.294. The zero-order valence-corrected chi connectivity index (χ0v) is 16.1. The molecule has 3 N–H and O–H groups in total. The van der Waals surface area contributed by atoms with E-state index in [-0.39, 0.29) is 30.1 Å². The van der Waals surface area contributed by atoms with Gasteiger partial charge in [0.2, 0.25) is 5.91 Å². The number of hydrogen-bond donors (Lipinski definition) is 3. The summed E-state index contributed by atoms with van der Waals surface area (Å²) in [5.41, 5.74) is 0. The molecule has 0 rings (SSSR count). The Morgan fingerprint density at radius 1 is 1.04 bits per heavy atom. The van der Waals surface area contributed by atoms with Crippen LogP contribution in [0.25, 0.3) is 0 Å². The van der Waals surface area contributed by atoms with Crippen molar-refractivity contribution in [2.75, 3.05) is 46.6 Å². The fourth-order valence-electron chi connectivity index (χ4n) is 2.26. The van der Waals surface area contributed by atoms with Crippen molar-refractivity contribution >= 4 is 17.5 Å². The Bertz CT molecular complexity index is 403. The smallest absolute Gasteiger partial charge is 0.245 e. The molecule has 1 amide bonds. The molecule has 8 nitrogen and oxygen atoms in total. The highest BCUT2D eigenvalue weighted by Crippen LogP contribution is 2.01. The third-order valence-corrected chi connectivity index (χ3v) is 3.88. The maximum Gasteiger partial charge on any atom is 0.245 e. The minimum atomic E-state index is -0.458. The molecule has 0 aromatic carbocycles. The Hall–Kier alpha value is -1.35. The van der Waals surface area contributed by atoms with Gasteiger partial charge in [-0.15, -0.1) is 0 Å². The molecule has 1 atom stereocenters. The second kappa shape index (κ2) is 17.1. The van der Waals surface area contributed by atoms with E-state index in [0.29, 0.717) is 52.0 Å². The second-order valence-corrected chi connectivity index (χ2v) is 5.97. The molecule has 0 radical (unpaired) electrons. The van der Waals surface area contributed by atoms with E-state index in [1.54, 1.807) is 7.05 Å². The van der Waals surface area contributed by atoms with E-state index in [9.17, 15) is 14.4 Å². The summed E-state index contributed by atoms with van der Waals surface area (Å²) >= 11 is 0. The first-order chi connectivity index (χ1) is 12.5. The number of Topliss-reactive ketones (excluding diaryl/α,β-unsaturated/α-hetero) is 2. The lowest BCUT2D eigenvalue weighted by Crippen LogP contribution is -2.36. The average Bonchev–Trinajstić information content (AvgIpc) is 2.65. The summed E-state index contributed by atoms with van der Waals surface area (Å²) in [6.07, 6.45) is 3.97.